The van der Waals surface area contributed by atoms with E-state index in [1.807, 2.05) is 13.8 Å². The first kappa shape index (κ1) is 17.7. The van der Waals surface area contributed by atoms with Crippen LogP contribution in [0.1, 0.15) is 47.5 Å². The highest BCUT2D eigenvalue weighted by Crippen LogP contribution is 2.25. The molecule has 0 aromatic carbocycles. The highest BCUT2D eigenvalue weighted by atomic mass is 16.4. The summed E-state index contributed by atoms with van der Waals surface area (Å²) in [6.07, 6.45) is 1.00. The second-order valence-electron chi connectivity index (χ2n) is 5.58. The van der Waals surface area contributed by atoms with E-state index < -0.39 is 11.4 Å². The predicted molar refractivity (Wildman–Crippen MR) is 76.1 cm³/mol. The van der Waals surface area contributed by atoms with E-state index >= 15 is 0 Å². The molecule has 0 aromatic heterocycles. The Balaban J connectivity index is 4.24. The van der Waals surface area contributed by atoms with Gasteiger partial charge in [0.1, 0.15) is 0 Å². The molecule has 19 heavy (non-hydrogen) atoms. The summed E-state index contributed by atoms with van der Waals surface area (Å²) in [6, 6.07) is -0.292. The molecule has 5 heteroatoms. The number of carbonyl (C=O) groups is 2. The molecule has 0 rings (SSSR count). The lowest BCUT2D eigenvalue weighted by Crippen LogP contribution is -2.46. The molecule has 0 aliphatic carbocycles. The second-order valence-corrected chi connectivity index (χ2v) is 5.58. The molecule has 0 saturated carbocycles. The summed E-state index contributed by atoms with van der Waals surface area (Å²) in [5.41, 5.74) is -0.860. The maximum absolute atomic E-state index is 11.7. The summed E-state index contributed by atoms with van der Waals surface area (Å²) in [5.74, 6) is 0.0466. The van der Waals surface area contributed by atoms with E-state index in [2.05, 4.69) is 31.4 Å². The summed E-state index contributed by atoms with van der Waals surface area (Å²) in [6.45, 7) is 10.7. The van der Waals surface area contributed by atoms with Crippen LogP contribution in [0.2, 0.25) is 0 Å². The molecule has 0 spiro atoms. The van der Waals surface area contributed by atoms with Gasteiger partial charge >= 0.3 is 12.0 Å². The molecule has 0 fully saturated rings. The molecular formula is C14H28N2O3. The zero-order chi connectivity index (χ0) is 15.1. The van der Waals surface area contributed by atoms with Gasteiger partial charge in [0.2, 0.25) is 0 Å². The first-order valence-electron chi connectivity index (χ1n) is 7.04. The smallest absolute Gasteiger partial charge is 0.314 e. The van der Waals surface area contributed by atoms with Gasteiger partial charge in [0.15, 0.2) is 0 Å². The largest absolute Gasteiger partial charge is 0.481 e. The second kappa shape index (κ2) is 8.02. The van der Waals surface area contributed by atoms with E-state index in [-0.39, 0.29) is 12.6 Å². The van der Waals surface area contributed by atoms with E-state index in [0.29, 0.717) is 31.2 Å². The van der Waals surface area contributed by atoms with Crippen molar-refractivity contribution < 1.29 is 14.7 Å². The molecule has 0 radical (unpaired) electrons. The average Bonchev–Trinajstić information content (AvgIpc) is 2.37. The average molecular weight is 272 g/mol. The van der Waals surface area contributed by atoms with Gasteiger partial charge in [0.25, 0.3) is 0 Å². The Bertz CT molecular complexity index is 299. The number of nitrogens with one attached hydrogen (secondary N) is 2. The number of aliphatic carboxylic acids is 1. The van der Waals surface area contributed by atoms with Crippen LogP contribution < -0.4 is 10.6 Å². The Labute approximate surface area is 116 Å². The molecule has 0 aromatic rings. The van der Waals surface area contributed by atoms with E-state index in [4.69, 9.17) is 0 Å². The number of carbonyl (C=O) groups excluding carboxylic acids is 1. The van der Waals surface area contributed by atoms with Crippen molar-refractivity contribution in [2.75, 3.05) is 13.1 Å². The van der Waals surface area contributed by atoms with Gasteiger partial charge in [-0.15, -0.1) is 0 Å². The van der Waals surface area contributed by atoms with Gasteiger partial charge in [-0.3, -0.25) is 4.79 Å². The van der Waals surface area contributed by atoms with Crippen molar-refractivity contribution in [1.82, 2.24) is 10.6 Å². The van der Waals surface area contributed by atoms with Crippen molar-refractivity contribution in [3.05, 3.63) is 0 Å². The lowest BCUT2D eigenvalue weighted by atomic mass is 9.82. The van der Waals surface area contributed by atoms with Crippen LogP contribution >= 0.6 is 0 Å². The third-order valence-corrected chi connectivity index (χ3v) is 4.12. The quantitative estimate of drug-likeness (QED) is 0.635. The van der Waals surface area contributed by atoms with Gasteiger partial charge in [0, 0.05) is 13.1 Å². The highest BCUT2D eigenvalue weighted by Gasteiger charge is 2.35. The Hall–Kier alpha value is -1.26. The van der Waals surface area contributed by atoms with Crippen LogP contribution in [-0.2, 0) is 4.79 Å². The first-order valence-corrected chi connectivity index (χ1v) is 7.04. The fraction of sp³-hybridized carbons (Fsp3) is 0.857. The van der Waals surface area contributed by atoms with Gasteiger partial charge in [-0.05, 0) is 24.7 Å². The number of hydrogen-bond acceptors (Lipinski definition) is 2. The number of carboxylic acids is 1. The molecule has 112 valence electrons. The lowest BCUT2D eigenvalue weighted by Gasteiger charge is -2.27. The van der Waals surface area contributed by atoms with E-state index in [1.54, 1.807) is 0 Å². The van der Waals surface area contributed by atoms with Crippen LogP contribution in [0.4, 0.5) is 4.79 Å². The summed E-state index contributed by atoms with van der Waals surface area (Å²) in [7, 11) is 0. The van der Waals surface area contributed by atoms with Crippen molar-refractivity contribution in [2.45, 2.75) is 47.5 Å². The van der Waals surface area contributed by atoms with Crippen LogP contribution in [0.15, 0.2) is 0 Å². The third-order valence-electron chi connectivity index (χ3n) is 4.12. The number of amides is 2. The summed E-state index contributed by atoms with van der Waals surface area (Å²) < 4.78 is 0. The first-order chi connectivity index (χ1) is 8.79. The normalized spacial score (nSPS) is 13.2. The van der Waals surface area contributed by atoms with Crippen LogP contribution in [-0.4, -0.2) is 30.2 Å². The fourth-order valence-corrected chi connectivity index (χ4v) is 1.68. The SMILES string of the molecule is CCC(CC)(CNC(=O)NCC(C)C(C)C)C(=O)O. The molecule has 1 unspecified atom stereocenters. The molecular weight excluding hydrogens is 244 g/mol. The zero-order valence-electron chi connectivity index (χ0n) is 12.7. The topological polar surface area (TPSA) is 78.4 Å². The molecule has 0 heterocycles. The predicted octanol–water partition coefficient (Wildman–Crippen LogP) is 2.47. The molecule has 0 aliphatic rings. The van der Waals surface area contributed by atoms with Gasteiger partial charge < -0.3 is 15.7 Å². The van der Waals surface area contributed by atoms with E-state index in [9.17, 15) is 14.7 Å². The molecule has 3 N–H and O–H groups in total. The molecule has 0 saturated heterocycles. The fourth-order valence-electron chi connectivity index (χ4n) is 1.68. The maximum atomic E-state index is 11.7. The van der Waals surface area contributed by atoms with Gasteiger partial charge in [0.05, 0.1) is 5.41 Å². The Morgan fingerprint density at radius 1 is 1.11 bits per heavy atom. The van der Waals surface area contributed by atoms with Gasteiger partial charge in [-0.2, -0.15) is 0 Å². The van der Waals surface area contributed by atoms with E-state index in [1.165, 1.54) is 0 Å². The molecule has 0 aliphatic heterocycles. The van der Waals surface area contributed by atoms with Crippen LogP contribution in [0, 0.1) is 17.3 Å². The van der Waals surface area contributed by atoms with Crippen molar-refractivity contribution in [2.24, 2.45) is 17.3 Å². The molecule has 2 amide bonds. The van der Waals surface area contributed by atoms with Crippen LogP contribution in [0.25, 0.3) is 0 Å². The summed E-state index contributed by atoms with van der Waals surface area (Å²) in [4.78, 5) is 22.9. The van der Waals surface area contributed by atoms with Crippen molar-refractivity contribution in [3.8, 4) is 0 Å². The minimum Gasteiger partial charge on any atom is -0.481 e. The van der Waals surface area contributed by atoms with Crippen molar-refractivity contribution in [3.63, 3.8) is 0 Å². The molecule has 0 bridgehead atoms. The minimum atomic E-state index is -0.860. The Morgan fingerprint density at radius 3 is 2.00 bits per heavy atom. The van der Waals surface area contributed by atoms with Gasteiger partial charge in [-0.1, -0.05) is 34.6 Å². The number of carboxylic acid groups (broad SMARTS) is 1. The Morgan fingerprint density at radius 2 is 1.63 bits per heavy atom. The third kappa shape index (κ3) is 5.49. The van der Waals surface area contributed by atoms with Crippen molar-refractivity contribution in [1.29, 1.82) is 0 Å². The zero-order valence-corrected chi connectivity index (χ0v) is 12.7. The summed E-state index contributed by atoms with van der Waals surface area (Å²) >= 11 is 0. The van der Waals surface area contributed by atoms with Crippen molar-refractivity contribution >= 4 is 12.0 Å². The van der Waals surface area contributed by atoms with Crippen LogP contribution in [0.5, 0.6) is 0 Å². The van der Waals surface area contributed by atoms with Crippen LogP contribution in [0.3, 0.4) is 0 Å². The highest BCUT2D eigenvalue weighted by molar-refractivity contribution is 5.78. The number of urea groups is 1. The Kier molecular flexibility index (Phi) is 7.49. The minimum absolute atomic E-state index is 0.164. The maximum Gasteiger partial charge on any atom is 0.314 e. The molecule has 1 atom stereocenters. The van der Waals surface area contributed by atoms with Gasteiger partial charge in [-0.25, -0.2) is 4.79 Å². The lowest BCUT2D eigenvalue weighted by molar-refractivity contribution is -0.149. The summed E-state index contributed by atoms with van der Waals surface area (Å²) in [5, 5.41) is 14.7. The standard InChI is InChI=1S/C14H28N2O3/c1-6-14(7-2,12(17)18)9-16-13(19)15-8-11(5)10(3)4/h10-11H,6-9H2,1-5H3,(H,17,18)(H2,15,16,19). The van der Waals surface area contributed by atoms with E-state index in [0.717, 1.165) is 0 Å². The monoisotopic (exact) mass is 272 g/mol. The number of rotatable bonds is 8. The molecule has 5 nitrogen and oxygen atoms in total. The number of hydrogen-bond donors (Lipinski definition) is 3.